The van der Waals surface area contributed by atoms with E-state index in [1.807, 2.05) is 0 Å². The minimum atomic E-state index is -1.94. The van der Waals surface area contributed by atoms with Gasteiger partial charge in [-0.1, -0.05) is 0 Å². The lowest BCUT2D eigenvalue weighted by Crippen LogP contribution is -2.67. The first kappa shape index (κ1) is 26.5. The molecule has 32 heavy (non-hydrogen) atoms. The van der Waals surface area contributed by atoms with Crippen molar-refractivity contribution in [2.45, 2.75) is 81.1 Å². The zero-order valence-electron chi connectivity index (χ0n) is 17.2. The number of nitrogens with one attached hydrogen (secondary N) is 1. The molecule has 0 bridgehead atoms. The summed E-state index contributed by atoms with van der Waals surface area (Å²) >= 11 is 0. The van der Waals surface area contributed by atoms with Crippen molar-refractivity contribution in [2.24, 2.45) is 0 Å². The summed E-state index contributed by atoms with van der Waals surface area (Å²) in [5, 5.41) is 62.0. The molecule has 0 aliphatic carbocycles. The molecule has 2 aliphatic rings. The molecule has 14 nitrogen and oxygen atoms in total. The Morgan fingerprint density at radius 3 is 2.28 bits per heavy atom. The van der Waals surface area contributed by atoms with Crippen LogP contribution in [0.2, 0.25) is 0 Å². The van der Waals surface area contributed by atoms with Gasteiger partial charge in [0, 0.05) is 13.3 Å². The van der Waals surface area contributed by atoms with Crippen molar-refractivity contribution < 1.29 is 64.0 Å². The van der Waals surface area contributed by atoms with Crippen LogP contribution in [0.25, 0.3) is 0 Å². The molecule has 2 aliphatic heterocycles. The molecule has 7 N–H and O–H groups in total. The van der Waals surface area contributed by atoms with E-state index in [1.54, 1.807) is 0 Å². The fraction of sp³-hybridized carbons (Fsp3) is 0.833. The second-order valence-corrected chi connectivity index (χ2v) is 7.46. The Morgan fingerprint density at radius 1 is 1.03 bits per heavy atom. The first-order valence-corrected chi connectivity index (χ1v) is 9.97. The average Bonchev–Trinajstić information content (AvgIpc) is 2.74. The van der Waals surface area contributed by atoms with E-state index in [0.29, 0.717) is 12.7 Å². The number of unbranched alkanes of at least 4 members (excludes halogenated alkanes) is 1. The number of carbonyl (C=O) groups is 3. The number of rotatable bonds is 10. The fourth-order valence-electron chi connectivity index (χ4n) is 3.45. The van der Waals surface area contributed by atoms with Gasteiger partial charge in [0.05, 0.1) is 13.2 Å². The van der Waals surface area contributed by atoms with Crippen molar-refractivity contribution in [2.75, 3.05) is 13.2 Å². The number of carbonyl (C=O) groups excluding carboxylic acids is 2. The predicted octanol–water partition coefficient (Wildman–Crippen LogP) is -4.16. The Bertz CT molecular complexity index is 648. The maximum Gasteiger partial charge on any atom is 0.335 e. The topological polar surface area (TPSA) is 222 Å². The van der Waals surface area contributed by atoms with Crippen LogP contribution in [0.4, 0.5) is 0 Å². The van der Waals surface area contributed by atoms with Crippen LogP contribution in [0.3, 0.4) is 0 Å². The van der Waals surface area contributed by atoms with Crippen LogP contribution in [0.15, 0.2) is 0 Å². The van der Waals surface area contributed by atoms with Gasteiger partial charge in [0.2, 0.25) is 5.91 Å². The number of ether oxygens (including phenoxy) is 4. The number of hydrogen-bond donors (Lipinski definition) is 7. The smallest absolute Gasteiger partial charge is 0.335 e. The summed E-state index contributed by atoms with van der Waals surface area (Å²) in [6, 6.07) is -1.21. The third kappa shape index (κ3) is 6.18. The van der Waals surface area contributed by atoms with Crippen LogP contribution in [-0.4, -0.2) is 123 Å². The highest BCUT2D eigenvalue weighted by molar-refractivity contribution is 5.73. The monoisotopic (exact) mass is 467 g/mol. The summed E-state index contributed by atoms with van der Waals surface area (Å²) < 4.78 is 21.6. The summed E-state index contributed by atoms with van der Waals surface area (Å²) in [4.78, 5) is 33.3. The number of hydrogen-bond acceptors (Lipinski definition) is 12. The third-order valence-electron chi connectivity index (χ3n) is 5.08. The molecule has 2 fully saturated rings. The highest BCUT2D eigenvalue weighted by atomic mass is 16.7. The molecule has 0 aromatic rings. The second kappa shape index (κ2) is 11.9. The molecule has 2 rings (SSSR count). The van der Waals surface area contributed by atoms with Gasteiger partial charge in [-0.25, -0.2) is 4.79 Å². The molecule has 184 valence electrons. The van der Waals surface area contributed by atoms with Crippen LogP contribution >= 0.6 is 0 Å². The van der Waals surface area contributed by atoms with Crippen LogP contribution in [0, 0.1) is 0 Å². The molecule has 0 aromatic heterocycles. The fourth-order valence-corrected chi connectivity index (χ4v) is 3.45. The van der Waals surface area contributed by atoms with Crippen LogP contribution in [0.1, 0.15) is 19.8 Å². The Morgan fingerprint density at radius 2 is 1.72 bits per heavy atom. The van der Waals surface area contributed by atoms with E-state index < -0.39 is 79.8 Å². The standard InChI is InChI=1S/C18H29NO13/c1-7(22)19-9-10(23)14(8(6-21)30-17(9)29-5-3-2-4-20)31-18-13(26)11(24)12(25)15(32-18)16(27)28/h4,8-15,17-18,21,23-26H,2-3,5-6H2,1H3,(H,19,22)(H,27,28)/t8-,9-,10-,11+,12+,13-,14-,15+,17+,18-/m1/s1. The zero-order chi connectivity index (χ0) is 24.0. The summed E-state index contributed by atoms with van der Waals surface area (Å²) in [5.74, 6) is -2.19. The van der Waals surface area contributed by atoms with E-state index in [1.165, 1.54) is 6.92 Å². The number of carboxylic acid groups (broad SMARTS) is 1. The molecule has 0 spiro atoms. The normalized spacial score (nSPS) is 39.9. The summed E-state index contributed by atoms with van der Waals surface area (Å²) in [7, 11) is 0. The van der Waals surface area contributed by atoms with E-state index in [2.05, 4.69) is 5.32 Å². The largest absolute Gasteiger partial charge is 0.479 e. The van der Waals surface area contributed by atoms with Gasteiger partial charge >= 0.3 is 5.97 Å². The molecular weight excluding hydrogens is 438 g/mol. The summed E-state index contributed by atoms with van der Waals surface area (Å²) in [5.41, 5.74) is 0. The van der Waals surface area contributed by atoms with Gasteiger partial charge < -0.3 is 59.7 Å². The van der Waals surface area contributed by atoms with Crippen molar-refractivity contribution in [1.82, 2.24) is 5.32 Å². The van der Waals surface area contributed by atoms with E-state index >= 15 is 0 Å². The molecule has 0 aromatic carbocycles. The van der Waals surface area contributed by atoms with Crippen LogP contribution in [-0.2, 0) is 33.3 Å². The quantitative estimate of drug-likeness (QED) is 0.120. The molecule has 0 radical (unpaired) electrons. The number of carboxylic acids is 1. The van der Waals surface area contributed by atoms with E-state index in [0.717, 1.165) is 0 Å². The maximum absolute atomic E-state index is 11.6. The SMILES string of the molecule is CC(=O)N[C@H]1[C@@H](OCCCC=O)O[C@H](CO)[C@@H](O[C@@H]2O[C@H](C(=O)O)[C@@H](O)[C@H](O)[C@H]2O)[C@@H]1O. The molecule has 2 heterocycles. The van der Waals surface area contributed by atoms with Crippen LogP contribution in [0.5, 0.6) is 0 Å². The Hall–Kier alpha value is -1.75. The first-order valence-electron chi connectivity index (χ1n) is 9.97. The van der Waals surface area contributed by atoms with Crippen molar-refractivity contribution in [3.8, 4) is 0 Å². The van der Waals surface area contributed by atoms with Gasteiger partial charge in [-0.2, -0.15) is 0 Å². The van der Waals surface area contributed by atoms with Crippen molar-refractivity contribution >= 4 is 18.2 Å². The van der Waals surface area contributed by atoms with Crippen LogP contribution < -0.4 is 5.32 Å². The molecule has 0 saturated carbocycles. The van der Waals surface area contributed by atoms with E-state index in [-0.39, 0.29) is 13.0 Å². The van der Waals surface area contributed by atoms with Gasteiger partial charge in [-0.15, -0.1) is 0 Å². The molecule has 10 atom stereocenters. The van der Waals surface area contributed by atoms with Gasteiger partial charge in [0.25, 0.3) is 0 Å². The summed E-state index contributed by atoms with van der Waals surface area (Å²) in [6.07, 6.45) is -13.9. The number of aliphatic hydroxyl groups excluding tert-OH is 5. The molecule has 2 saturated heterocycles. The van der Waals surface area contributed by atoms with Gasteiger partial charge in [0.1, 0.15) is 49.0 Å². The number of aliphatic hydroxyl groups is 5. The first-order chi connectivity index (χ1) is 15.1. The molecule has 14 heteroatoms. The highest BCUT2D eigenvalue weighted by Crippen LogP contribution is 2.29. The lowest BCUT2D eigenvalue weighted by molar-refractivity contribution is -0.343. The molecule has 1 amide bonds. The van der Waals surface area contributed by atoms with Gasteiger partial charge in [-0.3, -0.25) is 4.79 Å². The summed E-state index contributed by atoms with van der Waals surface area (Å²) in [6.45, 7) is 0.511. The van der Waals surface area contributed by atoms with Crippen molar-refractivity contribution in [3.05, 3.63) is 0 Å². The van der Waals surface area contributed by atoms with Crippen molar-refractivity contribution in [3.63, 3.8) is 0 Å². The number of aldehydes is 1. The van der Waals surface area contributed by atoms with E-state index in [4.69, 9.17) is 24.1 Å². The van der Waals surface area contributed by atoms with Gasteiger partial charge in [0.15, 0.2) is 18.7 Å². The average molecular weight is 467 g/mol. The second-order valence-electron chi connectivity index (χ2n) is 7.46. The lowest BCUT2D eigenvalue weighted by atomic mass is 9.95. The third-order valence-corrected chi connectivity index (χ3v) is 5.08. The number of aliphatic carboxylic acids is 1. The van der Waals surface area contributed by atoms with Gasteiger partial charge in [-0.05, 0) is 6.42 Å². The minimum absolute atomic E-state index is 0.0463. The molecular formula is C18H29NO13. The highest BCUT2D eigenvalue weighted by Gasteiger charge is 2.52. The zero-order valence-corrected chi connectivity index (χ0v) is 17.2. The Balaban J connectivity index is 2.19. The lowest BCUT2D eigenvalue weighted by Gasteiger charge is -2.46. The molecule has 0 unspecified atom stereocenters. The minimum Gasteiger partial charge on any atom is -0.479 e. The Kier molecular flexibility index (Phi) is 9.87. The number of amides is 1. The van der Waals surface area contributed by atoms with Crippen molar-refractivity contribution in [1.29, 1.82) is 0 Å². The van der Waals surface area contributed by atoms with E-state index in [9.17, 15) is 39.9 Å². The Labute approximate surface area is 182 Å². The predicted molar refractivity (Wildman–Crippen MR) is 99.8 cm³/mol. The maximum atomic E-state index is 11.6.